The molecule has 2 aromatic heterocycles. The average molecular weight is 311 g/mol. The van der Waals surface area contributed by atoms with Crippen molar-refractivity contribution in [3.63, 3.8) is 0 Å². The highest BCUT2D eigenvalue weighted by Gasteiger charge is 2.09. The summed E-state index contributed by atoms with van der Waals surface area (Å²) in [5, 5.41) is 2.80. The normalized spacial score (nSPS) is 10.7. The molecule has 23 heavy (non-hydrogen) atoms. The predicted octanol–water partition coefficient (Wildman–Crippen LogP) is 1.85. The summed E-state index contributed by atoms with van der Waals surface area (Å²) in [4.78, 5) is 27.9. The van der Waals surface area contributed by atoms with E-state index >= 15 is 0 Å². The minimum absolute atomic E-state index is 0.231. The van der Waals surface area contributed by atoms with Gasteiger partial charge < -0.3 is 15.0 Å². The van der Waals surface area contributed by atoms with Crippen molar-refractivity contribution < 1.29 is 9.53 Å². The lowest BCUT2D eigenvalue weighted by Crippen LogP contribution is -2.23. The second-order valence-corrected chi connectivity index (χ2v) is 4.99. The molecule has 0 unspecified atom stereocenters. The maximum absolute atomic E-state index is 12.1. The summed E-state index contributed by atoms with van der Waals surface area (Å²) in [6.07, 6.45) is 3.81. The summed E-state index contributed by atoms with van der Waals surface area (Å²) in [6.45, 7) is 2.26. The first-order chi connectivity index (χ1) is 11.2. The summed E-state index contributed by atoms with van der Waals surface area (Å²) in [6, 6.07) is 5.58. The number of nitrogens with one attached hydrogen (secondary N) is 2. The summed E-state index contributed by atoms with van der Waals surface area (Å²) >= 11 is 0. The Hall–Kier alpha value is -2.96. The number of fused-ring (bicyclic) bond motifs is 1. The lowest BCUT2D eigenvalue weighted by Gasteiger charge is -2.03. The summed E-state index contributed by atoms with van der Waals surface area (Å²) in [7, 11) is 1.62. The molecule has 0 saturated carbocycles. The van der Waals surface area contributed by atoms with Crippen molar-refractivity contribution in [2.75, 3.05) is 7.11 Å². The van der Waals surface area contributed by atoms with Gasteiger partial charge in [0.1, 0.15) is 17.4 Å². The van der Waals surface area contributed by atoms with E-state index in [1.807, 2.05) is 25.1 Å². The first-order valence-corrected chi connectivity index (χ1v) is 7.31. The molecule has 7 heteroatoms. The molecule has 7 nitrogen and oxygen atoms in total. The van der Waals surface area contributed by atoms with Crippen LogP contribution in [0.1, 0.15) is 28.9 Å². The maximum atomic E-state index is 12.1. The molecule has 2 heterocycles. The Bertz CT molecular complexity index is 826. The highest BCUT2D eigenvalue weighted by molar-refractivity contribution is 5.93. The van der Waals surface area contributed by atoms with Crippen molar-refractivity contribution >= 4 is 16.9 Å². The Morgan fingerprint density at radius 2 is 2.09 bits per heavy atom. The first kappa shape index (κ1) is 15.0. The number of carbonyl (C=O) groups is 1. The number of methoxy groups -OCH3 is 1. The molecular weight excluding hydrogens is 294 g/mol. The third-order valence-corrected chi connectivity index (χ3v) is 3.44. The predicted molar refractivity (Wildman–Crippen MR) is 85.2 cm³/mol. The van der Waals surface area contributed by atoms with Crippen molar-refractivity contribution in [2.24, 2.45) is 0 Å². The van der Waals surface area contributed by atoms with E-state index < -0.39 is 0 Å². The standard InChI is InChI=1S/C16H17N5O2/c1-3-14-17-7-10(8-18-14)16(22)19-9-15-20-12-5-4-11(23-2)6-13(12)21-15/h4-8H,3,9H2,1-2H3,(H,19,22)(H,20,21). The maximum Gasteiger partial charge on any atom is 0.254 e. The summed E-state index contributed by atoms with van der Waals surface area (Å²) in [5.41, 5.74) is 2.12. The number of amides is 1. The Morgan fingerprint density at radius 1 is 1.30 bits per heavy atom. The lowest BCUT2D eigenvalue weighted by atomic mass is 10.3. The van der Waals surface area contributed by atoms with Crippen LogP contribution in [0.4, 0.5) is 0 Å². The van der Waals surface area contributed by atoms with Gasteiger partial charge in [0.25, 0.3) is 5.91 Å². The monoisotopic (exact) mass is 311 g/mol. The topological polar surface area (TPSA) is 92.8 Å². The second kappa shape index (κ2) is 6.43. The second-order valence-electron chi connectivity index (χ2n) is 4.99. The molecule has 3 rings (SSSR count). The number of hydrogen-bond donors (Lipinski definition) is 2. The van der Waals surface area contributed by atoms with E-state index in [9.17, 15) is 4.79 Å². The number of hydrogen-bond acceptors (Lipinski definition) is 5. The van der Waals surface area contributed by atoms with Crippen LogP contribution in [-0.2, 0) is 13.0 Å². The van der Waals surface area contributed by atoms with Crippen LogP contribution in [0.3, 0.4) is 0 Å². The number of H-pyrrole nitrogens is 1. The molecule has 0 aliphatic rings. The van der Waals surface area contributed by atoms with Gasteiger partial charge in [-0.2, -0.15) is 0 Å². The molecule has 0 saturated heterocycles. The van der Waals surface area contributed by atoms with Crippen molar-refractivity contribution in [3.05, 3.63) is 47.8 Å². The lowest BCUT2D eigenvalue weighted by molar-refractivity contribution is 0.0949. The fourth-order valence-corrected chi connectivity index (χ4v) is 2.17. The molecular formula is C16H17N5O2. The zero-order valence-electron chi connectivity index (χ0n) is 13.0. The minimum atomic E-state index is -0.231. The number of imidazole rings is 1. The van der Waals surface area contributed by atoms with E-state index in [0.717, 1.165) is 23.2 Å². The SMILES string of the molecule is CCc1ncc(C(=O)NCc2nc3ccc(OC)cc3[nH]2)cn1. The number of aromatic nitrogens is 4. The Balaban J connectivity index is 1.68. The van der Waals surface area contributed by atoms with Gasteiger partial charge in [-0.15, -0.1) is 0 Å². The molecule has 0 spiro atoms. The zero-order valence-corrected chi connectivity index (χ0v) is 13.0. The largest absolute Gasteiger partial charge is 0.497 e. The van der Waals surface area contributed by atoms with Gasteiger partial charge in [-0.25, -0.2) is 15.0 Å². The number of ether oxygens (including phenoxy) is 1. The highest BCUT2D eigenvalue weighted by atomic mass is 16.5. The van der Waals surface area contributed by atoms with Gasteiger partial charge in [-0.1, -0.05) is 6.92 Å². The number of nitrogens with zero attached hydrogens (tertiary/aromatic N) is 3. The molecule has 1 aromatic carbocycles. The van der Waals surface area contributed by atoms with Gasteiger partial charge in [0.15, 0.2) is 0 Å². The molecule has 118 valence electrons. The molecule has 0 fully saturated rings. The molecule has 0 radical (unpaired) electrons. The van der Waals surface area contributed by atoms with Crippen LogP contribution in [-0.4, -0.2) is 33.0 Å². The van der Waals surface area contributed by atoms with E-state index in [1.165, 1.54) is 12.4 Å². The van der Waals surface area contributed by atoms with Crippen LogP contribution in [0.15, 0.2) is 30.6 Å². The number of rotatable bonds is 5. The fraction of sp³-hybridized carbons (Fsp3) is 0.250. The van der Waals surface area contributed by atoms with Gasteiger partial charge in [0, 0.05) is 24.9 Å². The van der Waals surface area contributed by atoms with E-state index in [0.29, 0.717) is 23.8 Å². The van der Waals surface area contributed by atoms with Crippen molar-refractivity contribution in [1.82, 2.24) is 25.3 Å². The van der Waals surface area contributed by atoms with Crippen LogP contribution in [0.25, 0.3) is 11.0 Å². The third-order valence-electron chi connectivity index (χ3n) is 3.44. The number of aryl methyl sites for hydroxylation is 1. The number of carbonyl (C=O) groups excluding carboxylic acids is 1. The van der Waals surface area contributed by atoms with E-state index in [2.05, 4.69) is 25.3 Å². The van der Waals surface area contributed by atoms with Crippen molar-refractivity contribution in [3.8, 4) is 5.75 Å². The summed E-state index contributed by atoms with van der Waals surface area (Å²) < 4.78 is 5.18. The van der Waals surface area contributed by atoms with Crippen LogP contribution >= 0.6 is 0 Å². The van der Waals surface area contributed by atoms with Gasteiger partial charge in [0.05, 0.1) is 30.3 Å². The smallest absolute Gasteiger partial charge is 0.254 e. The number of aromatic amines is 1. The number of benzene rings is 1. The van der Waals surface area contributed by atoms with Gasteiger partial charge in [-0.3, -0.25) is 4.79 Å². The highest BCUT2D eigenvalue weighted by Crippen LogP contribution is 2.18. The Morgan fingerprint density at radius 3 is 2.78 bits per heavy atom. The van der Waals surface area contributed by atoms with E-state index in [-0.39, 0.29) is 5.91 Å². The summed E-state index contributed by atoms with van der Waals surface area (Å²) in [5.74, 6) is 1.91. The van der Waals surface area contributed by atoms with Gasteiger partial charge in [0.2, 0.25) is 0 Å². The van der Waals surface area contributed by atoms with Crippen molar-refractivity contribution in [1.29, 1.82) is 0 Å². The van der Waals surface area contributed by atoms with Gasteiger partial charge in [-0.05, 0) is 12.1 Å². The average Bonchev–Trinajstić information content (AvgIpc) is 3.01. The Labute approximate surface area is 133 Å². The molecule has 3 aromatic rings. The van der Waals surface area contributed by atoms with Crippen LogP contribution in [0, 0.1) is 0 Å². The fourth-order valence-electron chi connectivity index (χ4n) is 2.17. The zero-order chi connectivity index (χ0) is 16.2. The molecule has 0 atom stereocenters. The quantitative estimate of drug-likeness (QED) is 0.750. The molecule has 1 amide bonds. The van der Waals surface area contributed by atoms with Crippen LogP contribution < -0.4 is 10.1 Å². The molecule has 2 N–H and O–H groups in total. The van der Waals surface area contributed by atoms with Crippen LogP contribution in [0.2, 0.25) is 0 Å². The third kappa shape index (κ3) is 3.28. The van der Waals surface area contributed by atoms with Gasteiger partial charge >= 0.3 is 0 Å². The molecule has 0 aliphatic heterocycles. The van der Waals surface area contributed by atoms with Crippen LogP contribution in [0.5, 0.6) is 5.75 Å². The Kier molecular flexibility index (Phi) is 4.18. The minimum Gasteiger partial charge on any atom is -0.497 e. The molecule has 0 aliphatic carbocycles. The molecule has 0 bridgehead atoms. The van der Waals surface area contributed by atoms with Crippen molar-refractivity contribution in [2.45, 2.75) is 19.9 Å². The first-order valence-electron chi connectivity index (χ1n) is 7.31. The van der Waals surface area contributed by atoms with E-state index in [4.69, 9.17) is 4.74 Å². The van der Waals surface area contributed by atoms with E-state index in [1.54, 1.807) is 7.11 Å².